The fourth-order valence-electron chi connectivity index (χ4n) is 15.2. The van der Waals surface area contributed by atoms with Crippen molar-refractivity contribution in [3.8, 4) is 123 Å². The van der Waals surface area contributed by atoms with Gasteiger partial charge in [0.25, 0.3) is 0 Å². The fraction of sp³-hybridized carbons (Fsp3) is 0. The second-order valence-electron chi connectivity index (χ2n) is 27.6. The van der Waals surface area contributed by atoms with E-state index < -0.39 is 7.12 Å². The molecular weight excluding hydrogens is 1430 g/mol. The number of nitrogens with zero attached hydrogens (tertiary/aromatic N) is 6. The van der Waals surface area contributed by atoms with Crippen LogP contribution in [-0.2, 0) is 0 Å². The number of rotatable bonds is 12. The Labute approximate surface area is 657 Å². The molecule has 20 rings (SSSR count). The van der Waals surface area contributed by atoms with E-state index in [0.29, 0.717) is 22.7 Å². The lowest BCUT2D eigenvalue weighted by molar-refractivity contribution is 0.426. The van der Waals surface area contributed by atoms with Crippen molar-refractivity contribution in [1.82, 2.24) is 29.9 Å². The summed E-state index contributed by atoms with van der Waals surface area (Å²) in [4.78, 5) is 28.6. The highest BCUT2D eigenvalue weighted by Crippen LogP contribution is 2.45. The maximum Gasteiger partial charge on any atom is 0.488 e. The summed E-state index contributed by atoms with van der Waals surface area (Å²) in [5.41, 5.74) is 20.9. The highest BCUT2D eigenvalue weighted by molar-refractivity contribution is 9.10. The van der Waals surface area contributed by atoms with Gasteiger partial charge in [0.05, 0.1) is 22.8 Å². The Morgan fingerprint density at radius 2 is 0.500 bits per heavy atom. The Morgan fingerprint density at radius 1 is 0.205 bits per heavy atom. The highest BCUT2D eigenvalue weighted by atomic mass is 79.9. The van der Waals surface area contributed by atoms with Crippen LogP contribution in [0.25, 0.3) is 188 Å². The van der Waals surface area contributed by atoms with Crippen LogP contribution in [0.5, 0.6) is 0 Å². The maximum absolute atomic E-state index is 9.61. The lowest BCUT2D eigenvalue weighted by atomic mass is 9.79. The summed E-state index contributed by atoms with van der Waals surface area (Å²) in [5, 5.41) is 34.4. The summed E-state index contributed by atoms with van der Waals surface area (Å²) in [6.07, 6.45) is 7.29. The van der Waals surface area contributed by atoms with Crippen molar-refractivity contribution in [1.29, 1.82) is 0 Å². The second-order valence-corrected chi connectivity index (χ2v) is 28.5. The van der Waals surface area contributed by atoms with Crippen molar-refractivity contribution >= 4 is 93.1 Å². The standard InChI is InChI=1S/C51H33N3.C27H20BN3O2.C24H15Br/c1-3-14-34(15-4-1)45-30-47-44-26-10-8-24-42(44)46(31-48(47)43-25-9-7-23-41(43)45)37-19-12-21-39(29-37)51-53-49(35-16-5-2-6-17-35)32-50(54-51)38-20-11-18-36(28-38)40-22-13-27-52-33-40;32-28(33)24-13-5-11-22(16-24)27-30-25(19-7-2-1-3-8-19)17-26(31-27)21-10-4-9-20(15-21)23-12-6-14-29-18-23;25-24-15-23-18-11-5-4-10-17(18)21(16-8-2-1-3-9-16)14-22(23)19-12-6-7-13-20(19)24/h1-33H;1-18,32-33H;1-15H. The summed E-state index contributed by atoms with van der Waals surface area (Å²) < 4.78 is 1.15. The van der Waals surface area contributed by atoms with E-state index in [4.69, 9.17) is 19.9 Å². The van der Waals surface area contributed by atoms with Crippen LogP contribution in [0.4, 0.5) is 0 Å². The molecule has 8 nitrogen and oxygen atoms in total. The third kappa shape index (κ3) is 14.3. The average Bonchev–Trinajstić information content (AvgIpc) is 0.730. The van der Waals surface area contributed by atoms with E-state index in [9.17, 15) is 10.0 Å². The summed E-state index contributed by atoms with van der Waals surface area (Å²) in [5.74, 6) is 1.20. The first kappa shape index (κ1) is 69.7. The number of hydrogen-bond acceptors (Lipinski definition) is 8. The van der Waals surface area contributed by atoms with E-state index in [-0.39, 0.29) is 0 Å². The molecule has 0 bridgehead atoms. The lowest BCUT2D eigenvalue weighted by Gasteiger charge is -2.16. The minimum atomic E-state index is -1.56. The second kappa shape index (κ2) is 31.3. The van der Waals surface area contributed by atoms with Crippen molar-refractivity contribution in [2.75, 3.05) is 0 Å². The van der Waals surface area contributed by atoms with Crippen molar-refractivity contribution in [2.45, 2.75) is 0 Å². The number of aromatic nitrogens is 6. The number of hydrogen-bond donors (Lipinski definition) is 2. The van der Waals surface area contributed by atoms with Gasteiger partial charge in [-0.25, -0.2) is 19.9 Å². The molecule has 0 unspecified atom stereocenters. The topological polar surface area (TPSA) is 118 Å². The smallest absolute Gasteiger partial charge is 0.423 e. The zero-order chi connectivity index (χ0) is 75.3. The third-order valence-corrected chi connectivity index (χ3v) is 21.3. The fourth-order valence-corrected chi connectivity index (χ4v) is 15.8. The minimum absolute atomic E-state index is 0.390. The van der Waals surface area contributed by atoms with Gasteiger partial charge in [0.15, 0.2) is 11.6 Å². The highest BCUT2D eigenvalue weighted by Gasteiger charge is 2.20. The van der Waals surface area contributed by atoms with E-state index in [1.165, 1.54) is 92.5 Å². The van der Waals surface area contributed by atoms with E-state index in [0.717, 1.165) is 82.9 Å². The molecule has 0 saturated heterocycles. The van der Waals surface area contributed by atoms with Gasteiger partial charge in [-0.3, -0.25) is 9.97 Å². The molecule has 0 aliphatic rings. The van der Waals surface area contributed by atoms with E-state index >= 15 is 0 Å². The largest absolute Gasteiger partial charge is 0.488 e. The summed E-state index contributed by atoms with van der Waals surface area (Å²) in [7, 11) is -1.56. The summed E-state index contributed by atoms with van der Waals surface area (Å²) >= 11 is 3.77. The van der Waals surface area contributed by atoms with Gasteiger partial charge >= 0.3 is 7.12 Å². The molecule has 2 N–H and O–H groups in total. The molecule has 0 aliphatic heterocycles. The molecule has 10 heteroatoms. The predicted octanol–water partition coefficient (Wildman–Crippen LogP) is 25.1. The van der Waals surface area contributed by atoms with Gasteiger partial charge in [-0.2, -0.15) is 0 Å². The monoisotopic (exact) mass is 1500 g/mol. The Balaban J connectivity index is 0.000000128. The zero-order valence-electron chi connectivity index (χ0n) is 60.6. The first-order chi connectivity index (χ1) is 55.3. The molecule has 0 aliphatic carbocycles. The normalized spacial score (nSPS) is 11.2. The van der Waals surface area contributed by atoms with Gasteiger partial charge in [0, 0.05) is 73.8 Å². The van der Waals surface area contributed by atoms with Gasteiger partial charge in [-0.1, -0.05) is 325 Å². The third-order valence-electron chi connectivity index (χ3n) is 20.7. The number of benzene rings is 16. The first-order valence-corrected chi connectivity index (χ1v) is 38.0. The molecular formula is C102H68BBrN6O2. The van der Waals surface area contributed by atoms with Crippen LogP contribution in [0.1, 0.15) is 0 Å². The van der Waals surface area contributed by atoms with Crippen LogP contribution < -0.4 is 5.46 Å². The van der Waals surface area contributed by atoms with Crippen LogP contribution in [0.2, 0.25) is 0 Å². The number of fused-ring (bicyclic) bond motifs is 10. The maximum atomic E-state index is 9.61. The Bertz CT molecular complexity index is 6860. The van der Waals surface area contributed by atoms with E-state index in [1.807, 2.05) is 97.3 Å². The molecule has 528 valence electrons. The van der Waals surface area contributed by atoms with E-state index in [1.54, 1.807) is 30.6 Å². The Hall–Kier alpha value is -14.0. The molecule has 0 amide bonds. The van der Waals surface area contributed by atoms with Gasteiger partial charge in [-0.05, 0) is 181 Å². The van der Waals surface area contributed by atoms with Crippen molar-refractivity contribution in [3.05, 3.63) is 405 Å². The zero-order valence-corrected chi connectivity index (χ0v) is 62.2. The summed E-state index contributed by atoms with van der Waals surface area (Å²) in [6, 6.07) is 130. The first-order valence-electron chi connectivity index (χ1n) is 37.3. The van der Waals surface area contributed by atoms with Crippen molar-refractivity contribution in [2.24, 2.45) is 0 Å². The molecule has 0 fully saturated rings. The molecule has 0 radical (unpaired) electrons. The SMILES string of the molecule is Brc1cc2c3ccccc3c(-c3ccccc3)cc2c2ccccc12.OB(O)c1cccc(-c2nc(-c3ccccc3)cc(-c3cccc(-c4cccnc4)c3)n2)c1.c1ccc(-c2cc(-c3cccc(-c4cccnc4)c3)nc(-c3cccc(-c4cc5c6ccccc6c(-c6ccccc6)cc5c5ccccc45)c3)n2)cc1. The molecule has 0 saturated carbocycles. The Morgan fingerprint density at radius 3 is 0.911 bits per heavy atom. The molecule has 4 heterocycles. The average molecular weight is 1500 g/mol. The predicted molar refractivity (Wildman–Crippen MR) is 468 cm³/mol. The quantitative estimate of drug-likeness (QED) is 0.0917. The molecule has 20 aromatic rings. The van der Waals surface area contributed by atoms with Crippen LogP contribution in [0, 0.1) is 0 Å². The number of pyridine rings is 2. The molecule has 0 spiro atoms. The molecule has 4 aromatic heterocycles. The summed E-state index contributed by atoms with van der Waals surface area (Å²) in [6.45, 7) is 0. The Kier molecular flexibility index (Phi) is 19.5. The van der Waals surface area contributed by atoms with Crippen molar-refractivity contribution < 1.29 is 10.0 Å². The molecule has 16 aromatic carbocycles. The van der Waals surface area contributed by atoms with Crippen LogP contribution in [0.3, 0.4) is 0 Å². The van der Waals surface area contributed by atoms with Crippen LogP contribution in [0.15, 0.2) is 405 Å². The van der Waals surface area contributed by atoms with Crippen LogP contribution in [-0.4, -0.2) is 47.1 Å². The molecule has 0 atom stereocenters. The van der Waals surface area contributed by atoms with E-state index in [2.05, 4.69) is 299 Å². The van der Waals surface area contributed by atoms with Gasteiger partial charge in [0.2, 0.25) is 0 Å². The number of halogens is 1. The minimum Gasteiger partial charge on any atom is -0.423 e. The van der Waals surface area contributed by atoms with Crippen LogP contribution >= 0.6 is 15.9 Å². The van der Waals surface area contributed by atoms with Gasteiger partial charge < -0.3 is 10.0 Å². The van der Waals surface area contributed by atoms with Crippen molar-refractivity contribution in [3.63, 3.8) is 0 Å². The lowest BCUT2D eigenvalue weighted by Crippen LogP contribution is -2.29. The molecule has 112 heavy (non-hydrogen) atoms. The van der Waals surface area contributed by atoms with Gasteiger partial charge in [-0.15, -0.1) is 0 Å². The van der Waals surface area contributed by atoms with Gasteiger partial charge in [0.1, 0.15) is 0 Å².